The number of hydrogen-bond acceptors (Lipinski definition) is 7. The van der Waals surface area contributed by atoms with Crippen LogP contribution in [0.2, 0.25) is 0 Å². The zero-order valence-electron chi connectivity index (χ0n) is 17.9. The lowest BCUT2D eigenvalue weighted by Crippen LogP contribution is -2.54. The fourth-order valence-electron chi connectivity index (χ4n) is 4.58. The molecule has 0 N–H and O–H groups in total. The molecule has 2 unspecified atom stereocenters. The minimum Gasteiger partial charge on any atom is -0.485 e. The first kappa shape index (κ1) is 19.9. The second kappa shape index (κ2) is 8.61. The standard InChI is InChI=1S/C23H29N5O3/c1-17-6-4-5-11-28(17)22-10-9-21(24-25-22)26-12-14-27(15-13-26)23(29)20-16-30-18-7-2-3-8-19(18)31-20/h2-3,7-10,17,20H,4-6,11-16H2,1H3. The van der Waals surface area contributed by atoms with E-state index in [1.807, 2.05) is 29.2 Å². The molecule has 2 aromatic rings. The number of amides is 1. The summed E-state index contributed by atoms with van der Waals surface area (Å²) in [6, 6.07) is 12.1. The van der Waals surface area contributed by atoms with Crippen molar-refractivity contribution in [2.75, 3.05) is 49.1 Å². The van der Waals surface area contributed by atoms with Gasteiger partial charge in [0.25, 0.3) is 5.91 Å². The quantitative estimate of drug-likeness (QED) is 0.750. The van der Waals surface area contributed by atoms with Crippen molar-refractivity contribution < 1.29 is 14.3 Å². The second-order valence-corrected chi connectivity index (χ2v) is 8.46. The number of fused-ring (bicyclic) bond motifs is 1. The number of carbonyl (C=O) groups is 1. The summed E-state index contributed by atoms with van der Waals surface area (Å²) >= 11 is 0. The van der Waals surface area contributed by atoms with E-state index >= 15 is 0 Å². The predicted octanol–water partition coefficient (Wildman–Crippen LogP) is 2.34. The summed E-state index contributed by atoms with van der Waals surface area (Å²) in [6.07, 6.45) is 3.12. The summed E-state index contributed by atoms with van der Waals surface area (Å²) in [4.78, 5) is 19.3. The molecule has 4 heterocycles. The first-order chi connectivity index (χ1) is 15.2. The maximum Gasteiger partial charge on any atom is 0.267 e. The SMILES string of the molecule is CC1CCCCN1c1ccc(N2CCN(C(=O)C3COc4ccccc4O3)CC2)nn1. The van der Waals surface area contributed by atoms with Gasteiger partial charge < -0.3 is 24.2 Å². The van der Waals surface area contributed by atoms with E-state index in [0.29, 0.717) is 30.6 Å². The molecule has 0 aliphatic carbocycles. The molecule has 8 heteroatoms. The highest BCUT2D eigenvalue weighted by molar-refractivity contribution is 5.82. The van der Waals surface area contributed by atoms with Gasteiger partial charge in [0.05, 0.1) is 0 Å². The third kappa shape index (κ3) is 4.11. The number of piperazine rings is 1. The number of anilines is 2. The molecule has 1 amide bonds. The van der Waals surface area contributed by atoms with E-state index in [1.54, 1.807) is 0 Å². The van der Waals surface area contributed by atoms with Crippen LogP contribution in [0.15, 0.2) is 36.4 Å². The summed E-state index contributed by atoms with van der Waals surface area (Å²) in [5.74, 6) is 3.13. The lowest BCUT2D eigenvalue weighted by Gasteiger charge is -2.37. The Bertz CT molecular complexity index is 914. The van der Waals surface area contributed by atoms with Crippen molar-refractivity contribution in [1.29, 1.82) is 0 Å². The number of aromatic nitrogens is 2. The van der Waals surface area contributed by atoms with E-state index in [-0.39, 0.29) is 12.5 Å². The van der Waals surface area contributed by atoms with Gasteiger partial charge in [-0.2, -0.15) is 0 Å². The van der Waals surface area contributed by atoms with Crippen molar-refractivity contribution in [3.8, 4) is 11.5 Å². The molecule has 0 saturated carbocycles. The second-order valence-electron chi connectivity index (χ2n) is 8.46. The van der Waals surface area contributed by atoms with Gasteiger partial charge in [0.2, 0.25) is 6.10 Å². The Labute approximate surface area is 182 Å². The van der Waals surface area contributed by atoms with Crippen LogP contribution in [0.5, 0.6) is 11.5 Å². The molecule has 1 aromatic heterocycles. The molecule has 1 aromatic carbocycles. The average molecular weight is 424 g/mol. The van der Waals surface area contributed by atoms with Gasteiger partial charge >= 0.3 is 0 Å². The molecular weight excluding hydrogens is 394 g/mol. The molecule has 3 aliphatic rings. The van der Waals surface area contributed by atoms with Crippen molar-refractivity contribution in [1.82, 2.24) is 15.1 Å². The number of nitrogens with zero attached hydrogens (tertiary/aromatic N) is 5. The van der Waals surface area contributed by atoms with E-state index in [2.05, 4.69) is 39.1 Å². The van der Waals surface area contributed by atoms with Crippen LogP contribution >= 0.6 is 0 Å². The highest BCUT2D eigenvalue weighted by Gasteiger charge is 2.33. The zero-order valence-corrected chi connectivity index (χ0v) is 17.9. The number of para-hydroxylation sites is 2. The van der Waals surface area contributed by atoms with E-state index in [1.165, 1.54) is 19.3 Å². The largest absolute Gasteiger partial charge is 0.485 e. The molecule has 2 saturated heterocycles. The smallest absolute Gasteiger partial charge is 0.267 e. The summed E-state index contributed by atoms with van der Waals surface area (Å²) in [7, 11) is 0. The summed E-state index contributed by atoms with van der Waals surface area (Å²) in [6.45, 7) is 6.27. The molecule has 8 nitrogen and oxygen atoms in total. The maximum atomic E-state index is 12.9. The topological polar surface area (TPSA) is 71.0 Å². The van der Waals surface area contributed by atoms with Crippen LogP contribution in [-0.2, 0) is 4.79 Å². The lowest BCUT2D eigenvalue weighted by molar-refractivity contribution is -0.141. The summed E-state index contributed by atoms with van der Waals surface area (Å²) < 4.78 is 11.6. The van der Waals surface area contributed by atoms with Crippen LogP contribution in [0.25, 0.3) is 0 Å². The molecule has 2 atom stereocenters. The Morgan fingerprint density at radius 1 is 0.935 bits per heavy atom. The Balaban J connectivity index is 1.16. The molecule has 0 spiro atoms. The van der Waals surface area contributed by atoms with Crippen molar-refractivity contribution >= 4 is 17.5 Å². The van der Waals surface area contributed by atoms with Crippen LogP contribution in [0.3, 0.4) is 0 Å². The fourth-order valence-corrected chi connectivity index (χ4v) is 4.58. The van der Waals surface area contributed by atoms with E-state index in [9.17, 15) is 4.79 Å². The van der Waals surface area contributed by atoms with E-state index < -0.39 is 6.10 Å². The van der Waals surface area contributed by atoms with Gasteiger partial charge in [-0.3, -0.25) is 4.79 Å². The van der Waals surface area contributed by atoms with Gasteiger partial charge in [-0.05, 0) is 50.5 Å². The third-order valence-electron chi connectivity index (χ3n) is 6.43. The Kier molecular flexibility index (Phi) is 5.53. The van der Waals surface area contributed by atoms with Crippen LogP contribution < -0.4 is 19.3 Å². The first-order valence-electron chi connectivity index (χ1n) is 11.2. The lowest BCUT2D eigenvalue weighted by atomic mass is 10.0. The number of benzene rings is 1. The van der Waals surface area contributed by atoms with Crippen LogP contribution in [0.4, 0.5) is 11.6 Å². The number of rotatable bonds is 3. The number of ether oxygens (including phenoxy) is 2. The molecule has 0 radical (unpaired) electrons. The van der Waals surface area contributed by atoms with Gasteiger partial charge in [0.1, 0.15) is 6.61 Å². The number of carbonyl (C=O) groups excluding carboxylic acids is 1. The molecule has 3 aliphatic heterocycles. The molecule has 0 bridgehead atoms. The molecule has 2 fully saturated rings. The van der Waals surface area contributed by atoms with Crippen LogP contribution in [-0.4, -0.2) is 72.5 Å². The minimum atomic E-state index is -0.591. The summed E-state index contributed by atoms with van der Waals surface area (Å²) in [5, 5.41) is 8.98. The minimum absolute atomic E-state index is 0.0188. The molecular formula is C23H29N5O3. The van der Waals surface area contributed by atoms with Crippen molar-refractivity contribution in [2.45, 2.75) is 38.3 Å². The zero-order chi connectivity index (χ0) is 21.2. The van der Waals surface area contributed by atoms with Crippen molar-refractivity contribution in [2.24, 2.45) is 0 Å². The van der Waals surface area contributed by atoms with Crippen LogP contribution in [0, 0.1) is 0 Å². The van der Waals surface area contributed by atoms with Gasteiger partial charge in [0, 0.05) is 38.8 Å². The Morgan fingerprint density at radius 3 is 2.42 bits per heavy atom. The van der Waals surface area contributed by atoms with Crippen molar-refractivity contribution in [3.63, 3.8) is 0 Å². The summed E-state index contributed by atoms with van der Waals surface area (Å²) in [5.41, 5.74) is 0. The normalized spacial score (nSPS) is 23.6. The number of hydrogen-bond donors (Lipinski definition) is 0. The van der Waals surface area contributed by atoms with Crippen LogP contribution in [0.1, 0.15) is 26.2 Å². The first-order valence-corrected chi connectivity index (χ1v) is 11.2. The Hall–Kier alpha value is -3.03. The monoisotopic (exact) mass is 423 g/mol. The van der Waals surface area contributed by atoms with Gasteiger partial charge in [0.15, 0.2) is 23.1 Å². The highest BCUT2D eigenvalue weighted by atomic mass is 16.6. The highest BCUT2D eigenvalue weighted by Crippen LogP contribution is 2.31. The van der Waals surface area contributed by atoms with Crippen molar-refractivity contribution in [3.05, 3.63) is 36.4 Å². The van der Waals surface area contributed by atoms with Gasteiger partial charge in [-0.1, -0.05) is 12.1 Å². The van der Waals surface area contributed by atoms with E-state index in [0.717, 1.165) is 31.3 Å². The van der Waals surface area contributed by atoms with Gasteiger partial charge in [-0.15, -0.1) is 10.2 Å². The van der Waals surface area contributed by atoms with E-state index in [4.69, 9.17) is 9.47 Å². The fraction of sp³-hybridized carbons (Fsp3) is 0.522. The average Bonchev–Trinajstić information content (AvgIpc) is 2.84. The predicted molar refractivity (Wildman–Crippen MR) is 118 cm³/mol. The molecule has 31 heavy (non-hydrogen) atoms. The molecule has 5 rings (SSSR count). The maximum absolute atomic E-state index is 12.9. The molecule has 164 valence electrons. The Morgan fingerprint density at radius 2 is 1.68 bits per heavy atom. The number of piperidine rings is 1. The van der Waals surface area contributed by atoms with Gasteiger partial charge in [-0.25, -0.2) is 0 Å². The third-order valence-corrected chi connectivity index (χ3v) is 6.43.